The van der Waals surface area contributed by atoms with Gasteiger partial charge >= 0.3 is 0 Å². The highest BCUT2D eigenvalue weighted by atomic mass is 16.5. The van der Waals surface area contributed by atoms with Crippen LogP contribution < -0.4 is 9.64 Å². The van der Waals surface area contributed by atoms with Crippen LogP contribution in [0.5, 0.6) is 5.88 Å². The predicted molar refractivity (Wildman–Crippen MR) is 106 cm³/mol. The summed E-state index contributed by atoms with van der Waals surface area (Å²) in [6, 6.07) is 6.60. The molecule has 1 saturated carbocycles. The number of rotatable bonds is 4. The Bertz CT molecular complexity index is 845. The minimum atomic E-state index is 0.194. The zero-order chi connectivity index (χ0) is 18.8. The fourth-order valence-electron chi connectivity index (χ4n) is 4.25. The van der Waals surface area contributed by atoms with E-state index in [0.29, 0.717) is 18.7 Å². The summed E-state index contributed by atoms with van der Waals surface area (Å²) in [5.41, 5.74) is 0.932. The molecule has 0 aromatic carbocycles. The first-order chi connectivity index (χ1) is 13.9. The minimum absolute atomic E-state index is 0.194. The van der Waals surface area contributed by atoms with Crippen molar-refractivity contribution in [2.24, 2.45) is 0 Å². The van der Waals surface area contributed by atoms with Crippen LogP contribution in [0.3, 0.4) is 0 Å². The first-order valence-corrected chi connectivity index (χ1v) is 10.2. The van der Waals surface area contributed by atoms with E-state index >= 15 is 0 Å². The normalized spacial score (nSPS) is 25.1. The van der Waals surface area contributed by atoms with Crippen LogP contribution in [0.2, 0.25) is 0 Å². The predicted octanol–water partition coefficient (Wildman–Crippen LogP) is 2.92. The molecule has 2 fully saturated rings. The van der Waals surface area contributed by atoms with Crippen molar-refractivity contribution in [3.63, 3.8) is 0 Å². The van der Waals surface area contributed by atoms with E-state index in [0.717, 1.165) is 68.7 Å². The maximum absolute atomic E-state index is 6.43. The standard InChI is InChI=1S/C21H26N4O3/c1-2-18-19(22-7-1)14-20(24-8-11-26-12-9-24)23-21(18)28-17-5-3-16(4-6-17)25-10-13-27-15-25/h1-2,7,10,13-14,16-17H,3-6,8-9,11-12,15H2. The third-order valence-corrected chi connectivity index (χ3v) is 5.85. The largest absolute Gasteiger partial charge is 0.479 e. The van der Waals surface area contributed by atoms with Gasteiger partial charge in [0, 0.05) is 37.6 Å². The second-order valence-corrected chi connectivity index (χ2v) is 7.60. The molecule has 0 unspecified atom stereocenters. The van der Waals surface area contributed by atoms with Crippen molar-refractivity contribution < 1.29 is 14.2 Å². The molecule has 5 rings (SSSR count). The molecule has 0 bridgehead atoms. The van der Waals surface area contributed by atoms with Crippen molar-refractivity contribution in [1.82, 2.24) is 14.9 Å². The molecule has 148 valence electrons. The highest BCUT2D eigenvalue weighted by Gasteiger charge is 2.28. The summed E-state index contributed by atoms with van der Waals surface area (Å²) in [6.07, 6.45) is 10.1. The van der Waals surface area contributed by atoms with Crippen molar-refractivity contribution in [2.75, 3.05) is 37.9 Å². The Labute approximate surface area is 164 Å². The van der Waals surface area contributed by atoms with Gasteiger partial charge in [-0.3, -0.25) is 4.98 Å². The average Bonchev–Trinajstić information content (AvgIpc) is 3.30. The van der Waals surface area contributed by atoms with Crippen molar-refractivity contribution in [3.05, 3.63) is 36.9 Å². The molecule has 0 spiro atoms. The summed E-state index contributed by atoms with van der Waals surface area (Å²) in [7, 11) is 0. The number of anilines is 1. The number of hydrogen-bond donors (Lipinski definition) is 0. The Balaban J connectivity index is 1.34. The van der Waals surface area contributed by atoms with Gasteiger partial charge in [-0.05, 0) is 37.8 Å². The van der Waals surface area contributed by atoms with Crippen molar-refractivity contribution in [1.29, 1.82) is 0 Å². The average molecular weight is 382 g/mol. The summed E-state index contributed by atoms with van der Waals surface area (Å²) in [5, 5.41) is 0.984. The van der Waals surface area contributed by atoms with Crippen LogP contribution in [0.25, 0.3) is 10.9 Å². The van der Waals surface area contributed by atoms with Crippen LogP contribution >= 0.6 is 0 Å². The van der Waals surface area contributed by atoms with E-state index in [9.17, 15) is 0 Å². The third-order valence-electron chi connectivity index (χ3n) is 5.85. The van der Waals surface area contributed by atoms with Gasteiger partial charge in [0.15, 0.2) is 6.73 Å². The van der Waals surface area contributed by atoms with E-state index in [1.54, 1.807) is 6.26 Å². The summed E-state index contributed by atoms with van der Waals surface area (Å²) in [5.74, 6) is 1.64. The Kier molecular flexibility index (Phi) is 4.91. The van der Waals surface area contributed by atoms with Crippen molar-refractivity contribution >= 4 is 16.7 Å². The molecule has 2 aromatic rings. The second kappa shape index (κ2) is 7.83. The Hall–Kier alpha value is -2.54. The lowest BCUT2D eigenvalue weighted by Crippen LogP contribution is -2.37. The number of pyridine rings is 2. The van der Waals surface area contributed by atoms with Crippen LogP contribution in [0.1, 0.15) is 25.7 Å². The minimum Gasteiger partial charge on any atom is -0.479 e. The maximum atomic E-state index is 6.43. The lowest BCUT2D eigenvalue weighted by Gasteiger charge is -2.34. The van der Waals surface area contributed by atoms with E-state index in [1.807, 2.05) is 18.3 Å². The molecule has 4 heterocycles. The van der Waals surface area contributed by atoms with E-state index in [1.165, 1.54) is 0 Å². The topological polar surface area (TPSA) is 60.0 Å². The molecule has 3 aliphatic rings. The number of ether oxygens (including phenoxy) is 3. The van der Waals surface area contributed by atoms with Gasteiger partial charge in [-0.2, -0.15) is 4.98 Å². The molecule has 2 aliphatic heterocycles. The van der Waals surface area contributed by atoms with Gasteiger partial charge in [0.05, 0.1) is 24.1 Å². The Morgan fingerprint density at radius 2 is 1.96 bits per heavy atom. The summed E-state index contributed by atoms with van der Waals surface area (Å²) >= 11 is 0. The molecule has 0 atom stereocenters. The number of fused-ring (bicyclic) bond motifs is 1. The highest BCUT2D eigenvalue weighted by molar-refractivity contribution is 5.85. The molecule has 2 aromatic heterocycles. The molecule has 1 aliphatic carbocycles. The van der Waals surface area contributed by atoms with E-state index in [-0.39, 0.29) is 6.10 Å². The SMILES string of the molecule is C1=CN(C2CCC(Oc3nc(N4CCOCC4)cc4ncccc34)CC2)CO1. The number of nitrogens with zero attached hydrogens (tertiary/aromatic N) is 4. The van der Waals surface area contributed by atoms with E-state index in [2.05, 4.69) is 27.1 Å². The van der Waals surface area contributed by atoms with E-state index in [4.69, 9.17) is 19.2 Å². The summed E-state index contributed by atoms with van der Waals surface area (Å²) < 4.78 is 17.2. The van der Waals surface area contributed by atoms with Crippen LogP contribution in [-0.4, -0.2) is 60.0 Å². The monoisotopic (exact) mass is 382 g/mol. The maximum Gasteiger partial charge on any atom is 0.225 e. The van der Waals surface area contributed by atoms with Crippen LogP contribution in [0, 0.1) is 0 Å². The molecule has 0 amide bonds. The second-order valence-electron chi connectivity index (χ2n) is 7.60. The lowest BCUT2D eigenvalue weighted by atomic mass is 9.92. The van der Waals surface area contributed by atoms with Crippen molar-refractivity contribution in [3.8, 4) is 5.88 Å². The van der Waals surface area contributed by atoms with Gasteiger partial charge in [-0.15, -0.1) is 0 Å². The Morgan fingerprint density at radius 3 is 2.75 bits per heavy atom. The first kappa shape index (κ1) is 17.6. The Morgan fingerprint density at radius 1 is 1.11 bits per heavy atom. The van der Waals surface area contributed by atoms with Gasteiger partial charge in [0.1, 0.15) is 18.2 Å². The fraction of sp³-hybridized carbons (Fsp3) is 0.524. The van der Waals surface area contributed by atoms with E-state index < -0.39 is 0 Å². The van der Waals surface area contributed by atoms with Crippen LogP contribution in [-0.2, 0) is 9.47 Å². The van der Waals surface area contributed by atoms with Gasteiger partial charge in [-0.1, -0.05) is 0 Å². The highest BCUT2D eigenvalue weighted by Crippen LogP contribution is 2.32. The van der Waals surface area contributed by atoms with Gasteiger partial charge in [0.2, 0.25) is 5.88 Å². The zero-order valence-corrected chi connectivity index (χ0v) is 16.0. The number of hydrogen-bond acceptors (Lipinski definition) is 7. The van der Waals surface area contributed by atoms with Crippen LogP contribution in [0.4, 0.5) is 5.82 Å². The quantitative estimate of drug-likeness (QED) is 0.806. The van der Waals surface area contributed by atoms with Gasteiger partial charge in [0.25, 0.3) is 0 Å². The molecule has 0 N–H and O–H groups in total. The number of morpholine rings is 1. The van der Waals surface area contributed by atoms with Crippen molar-refractivity contribution in [2.45, 2.75) is 37.8 Å². The molecular weight excluding hydrogens is 356 g/mol. The molecule has 1 saturated heterocycles. The molecule has 7 nitrogen and oxygen atoms in total. The summed E-state index contributed by atoms with van der Waals surface area (Å²) in [6.45, 7) is 3.84. The smallest absolute Gasteiger partial charge is 0.225 e. The molecule has 28 heavy (non-hydrogen) atoms. The molecular formula is C21H26N4O3. The van der Waals surface area contributed by atoms with Gasteiger partial charge < -0.3 is 24.0 Å². The summed E-state index contributed by atoms with van der Waals surface area (Å²) in [4.78, 5) is 14.0. The molecule has 7 heteroatoms. The zero-order valence-electron chi connectivity index (χ0n) is 16.0. The first-order valence-electron chi connectivity index (χ1n) is 10.2. The lowest BCUT2D eigenvalue weighted by molar-refractivity contribution is 0.0765. The number of aromatic nitrogens is 2. The molecule has 0 radical (unpaired) electrons. The fourth-order valence-corrected chi connectivity index (χ4v) is 4.25. The van der Waals surface area contributed by atoms with Crippen LogP contribution in [0.15, 0.2) is 36.9 Å². The van der Waals surface area contributed by atoms with Gasteiger partial charge in [-0.25, -0.2) is 0 Å². The third kappa shape index (κ3) is 3.58.